The number of hydrogen-bond acceptors (Lipinski definition) is 5. The SMILES string of the molecule is Cc1cc2c(c(=O)o1)C=C1CC[C@H](C(C)CNC(=O)c3ccnc4ccccc34)C[C@@H]1O2. The van der Waals surface area contributed by atoms with Crippen molar-refractivity contribution < 1.29 is 13.9 Å². The van der Waals surface area contributed by atoms with Crippen molar-refractivity contribution in [2.75, 3.05) is 6.54 Å². The molecular weight excluding hydrogens is 404 g/mol. The summed E-state index contributed by atoms with van der Waals surface area (Å²) in [6.07, 6.45) is 6.37. The third-order valence-electron chi connectivity index (χ3n) is 6.69. The number of hydrogen-bond donors (Lipinski definition) is 1. The minimum atomic E-state index is -0.340. The fraction of sp³-hybridized carbons (Fsp3) is 0.346. The lowest BCUT2D eigenvalue weighted by molar-refractivity contribution is 0.0933. The van der Waals surface area contributed by atoms with Gasteiger partial charge < -0.3 is 14.5 Å². The van der Waals surface area contributed by atoms with Crippen LogP contribution in [-0.4, -0.2) is 23.5 Å². The molecule has 3 heterocycles. The smallest absolute Gasteiger partial charge is 0.346 e. The second-order valence-corrected chi connectivity index (χ2v) is 8.85. The van der Waals surface area contributed by atoms with Crippen LogP contribution in [0, 0.1) is 18.8 Å². The summed E-state index contributed by atoms with van der Waals surface area (Å²) in [5, 5.41) is 3.98. The Kier molecular flexibility index (Phi) is 5.29. The second-order valence-electron chi connectivity index (χ2n) is 8.85. The molecule has 3 aromatic rings. The molecule has 0 radical (unpaired) electrons. The lowest BCUT2D eigenvalue weighted by atomic mass is 9.76. The van der Waals surface area contributed by atoms with E-state index in [1.54, 1.807) is 25.3 Å². The molecule has 1 N–H and O–H groups in total. The van der Waals surface area contributed by atoms with E-state index in [0.29, 0.717) is 41.0 Å². The Labute approximate surface area is 186 Å². The summed E-state index contributed by atoms with van der Waals surface area (Å²) in [6.45, 7) is 4.54. The van der Waals surface area contributed by atoms with Gasteiger partial charge in [-0.3, -0.25) is 9.78 Å². The lowest BCUT2D eigenvalue weighted by Gasteiger charge is -2.37. The van der Waals surface area contributed by atoms with Crippen LogP contribution in [0.2, 0.25) is 0 Å². The second kappa shape index (κ2) is 8.26. The maximum atomic E-state index is 12.9. The van der Waals surface area contributed by atoms with Crippen LogP contribution in [0.25, 0.3) is 17.0 Å². The minimum absolute atomic E-state index is 0.0234. The molecule has 1 aliphatic heterocycles. The van der Waals surface area contributed by atoms with Gasteiger partial charge in [0.05, 0.1) is 11.1 Å². The van der Waals surface area contributed by atoms with E-state index >= 15 is 0 Å². The number of ether oxygens (including phenoxy) is 1. The molecule has 2 aliphatic rings. The van der Waals surface area contributed by atoms with Gasteiger partial charge >= 0.3 is 5.63 Å². The van der Waals surface area contributed by atoms with Crippen LogP contribution in [0.15, 0.2) is 57.4 Å². The molecule has 1 saturated carbocycles. The number of amides is 1. The van der Waals surface area contributed by atoms with Gasteiger partial charge in [0, 0.05) is 24.2 Å². The van der Waals surface area contributed by atoms with Gasteiger partial charge in [0.1, 0.15) is 23.2 Å². The van der Waals surface area contributed by atoms with Gasteiger partial charge in [-0.2, -0.15) is 0 Å². The Morgan fingerprint density at radius 1 is 1.28 bits per heavy atom. The predicted molar refractivity (Wildman–Crippen MR) is 123 cm³/mol. The number of rotatable bonds is 4. The number of benzene rings is 1. The Balaban J connectivity index is 1.24. The maximum Gasteiger partial charge on any atom is 0.346 e. The van der Waals surface area contributed by atoms with Crippen LogP contribution in [0.5, 0.6) is 5.75 Å². The van der Waals surface area contributed by atoms with Crippen molar-refractivity contribution in [1.29, 1.82) is 0 Å². The number of carbonyl (C=O) groups is 1. The normalized spacial score (nSPS) is 20.5. The molecule has 6 nitrogen and oxygen atoms in total. The zero-order chi connectivity index (χ0) is 22.2. The highest BCUT2D eigenvalue weighted by Crippen LogP contribution is 2.40. The van der Waals surface area contributed by atoms with Gasteiger partial charge in [0.25, 0.3) is 5.91 Å². The van der Waals surface area contributed by atoms with Crippen LogP contribution in [-0.2, 0) is 0 Å². The monoisotopic (exact) mass is 430 g/mol. The Bertz CT molecular complexity index is 1270. The quantitative estimate of drug-likeness (QED) is 0.659. The molecule has 5 rings (SSSR count). The third-order valence-corrected chi connectivity index (χ3v) is 6.69. The van der Waals surface area contributed by atoms with Crippen LogP contribution in [0.4, 0.5) is 0 Å². The lowest BCUT2D eigenvalue weighted by Crippen LogP contribution is -2.37. The number of nitrogens with one attached hydrogen (secondary N) is 1. The molecule has 3 atom stereocenters. The van der Waals surface area contributed by atoms with Gasteiger partial charge in [0.2, 0.25) is 0 Å². The third kappa shape index (κ3) is 3.81. The Morgan fingerprint density at radius 3 is 3.00 bits per heavy atom. The average molecular weight is 431 g/mol. The first kappa shape index (κ1) is 20.5. The molecule has 1 aromatic carbocycles. The number of para-hydroxylation sites is 1. The number of fused-ring (bicyclic) bond motifs is 3. The van der Waals surface area contributed by atoms with Crippen LogP contribution < -0.4 is 15.7 Å². The first-order valence-corrected chi connectivity index (χ1v) is 11.1. The molecule has 32 heavy (non-hydrogen) atoms. The highest BCUT2D eigenvalue weighted by Gasteiger charge is 2.34. The fourth-order valence-electron chi connectivity index (χ4n) is 4.83. The van der Waals surface area contributed by atoms with Crippen LogP contribution >= 0.6 is 0 Å². The van der Waals surface area contributed by atoms with Gasteiger partial charge in [-0.05, 0) is 61.8 Å². The summed E-state index contributed by atoms with van der Waals surface area (Å²) in [5.41, 5.74) is 2.80. The summed E-state index contributed by atoms with van der Waals surface area (Å²) in [5.74, 6) is 1.82. The van der Waals surface area contributed by atoms with E-state index in [1.807, 2.05) is 30.3 Å². The van der Waals surface area contributed by atoms with Crippen molar-refractivity contribution in [3.63, 3.8) is 0 Å². The van der Waals surface area contributed by atoms with Crippen molar-refractivity contribution in [2.45, 2.75) is 39.2 Å². The highest BCUT2D eigenvalue weighted by molar-refractivity contribution is 6.05. The standard InChI is InChI=1S/C26H26N2O4/c1-15(14-28-25(29)20-9-10-27-22-6-4-3-5-19(20)22)17-7-8-18-12-21-24(32-23(18)13-17)11-16(2)31-26(21)30/h3-6,9-12,15,17,23H,7-8,13-14H2,1-2H3,(H,28,29)/t15?,17-,23-/m0/s1. The average Bonchev–Trinajstić information content (AvgIpc) is 2.80. The summed E-state index contributed by atoms with van der Waals surface area (Å²) in [6, 6.07) is 11.2. The number of nitrogens with zero attached hydrogens (tertiary/aromatic N) is 1. The molecule has 1 fully saturated rings. The molecule has 2 aromatic heterocycles. The van der Waals surface area contributed by atoms with E-state index in [0.717, 1.165) is 35.7 Å². The molecule has 6 heteroatoms. The molecule has 0 bridgehead atoms. The van der Waals surface area contributed by atoms with Gasteiger partial charge in [-0.15, -0.1) is 0 Å². The largest absolute Gasteiger partial charge is 0.485 e. The van der Waals surface area contributed by atoms with Crippen molar-refractivity contribution in [3.8, 4) is 5.75 Å². The number of carbonyl (C=O) groups excluding carboxylic acids is 1. The van der Waals surface area contributed by atoms with Gasteiger partial charge in [0.15, 0.2) is 0 Å². The van der Waals surface area contributed by atoms with Crippen molar-refractivity contribution in [3.05, 3.63) is 75.5 Å². The first-order valence-electron chi connectivity index (χ1n) is 11.1. The van der Waals surface area contributed by atoms with E-state index in [2.05, 4.69) is 17.2 Å². The molecule has 1 amide bonds. The number of aromatic nitrogens is 1. The van der Waals surface area contributed by atoms with E-state index in [1.165, 1.54) is 0 Å². The van der Waals surface area contributed by atoms with Crippen molar-refractivity contribution in [2.24, 2.45) is 11.8 Å². The zero-order valence-corrected chi connectivity index (χ0v) is 18.3. The fourth-order valence-corrected chi connectivity index (χ4v) is 4.83. The maximum absolute atomic E-state index is 12.9. The summed E-state index contributed by atoms with van der Waals surface area (Å²) in [4.78, 5) is 29.3. The summed E-state index contributed by atoms with van der Waals surface area (Å²) >= 11 is 0. The van der Waals surface area contributed by atoms with E-state index in [9.17, 15) is 9.59 Å². The van der Waals surface area contributed by atoms with Gasteiger partial charge in [-0.1, -0.05) is 25.1 Å². The minimum Gasteiger partial charge on any atom is -0.485 e. The number of pyridine rings is 1. The molecular formula is C26H26N2O4. The van der Waals surface area contributed by atoms with Gasteiger partial charge in [-0.25, -0.2) is 4.79 Å². The van der Waals surface area contributed by atoms with E-state index in [4.69, 9.17) is 9.15 Å². The van der Waals surface area contributed by atoms with E-state index in [-0.39, 0.29) is 17.6 Å². The molecule has 1 aliphatic carbocycles. The van der Waals surface area contributed by atoms with Crippen LogP contribution in [0.3, 0.4) is 0 Å². The Hall–Kier alpha value is -3.41. The van der Waals surface area contributed by atoms with E-state index < -0.39 is 0 Å². The summed E-state index contributed by atoms with van der Waals surface area (Å²) in [7, 11) is 0. The first-order chi connectivity index (χ1) is 15.5. The molecule has 1 unspecified atom stereocenters. The Morgan fingerprint density at radius 2 is 2.12 bits per heavy atom. The topological polar surface area (TPSA) is 81.4 Å². The summed E-state index contributed by atoms with van der Waals surface area (Å²) < 4.78 is 11.4. The highest BCUT2D eigenvalue weighted by atomic mass is 16.5. The zero-order valence-electron chi connectivity index (χ0n) is 18.3. The van der Waals surface area contributed by atoms with Crippen molar-refractivity contribution in [1.82, 2.24) is 10.3 Å². The molecule has 0 spiro atoms. The van der Waals surface area contributed by atoms with Crippen LogP contribution in [0.1, 0.15) is 47.9 Å². The molecule has 0 saturated heterocycles. The molecule has 164 valence electrons. The van der Waals surface area contributed by atoms with Crippen molar-refractivity contribution >= 4 is 22.9 Å². The number of aryl methyl sites for hydroxylation is 1. The predicted octanol–water partition coefficient (Wildman–Crippen LogP) is 4.51.